The molecule has 1 atom stereocenters. The lowest BCUT2D eigenvalue weighted by molar-refractivity contribution is -0.140. The molecule has 34 heavy (non-hydrogen) atoms. The lowest BCUT2D eigenvalue weighted by Crippen LogP contribution is -2.35. The minimum absolute atomic E-state index is 0.0905. The summed E-state index contributed by atoms with van der Waals surface area (Å²) in [6, 6.07) is 11.9. The summed E-state index contributed by atoms with van der Waals surface area (Å²) in [6.07, 6.45) is 0. The number of carbonyl (C=O) groups is 2. The van der Waals surface area contributed by atoms with E-state index >= 15 is 0 Å². The number of benzene rings is 2. The number of nitrogens with zero attached hydrogens (tertiary/aromatic N) is 2. The van der Waals surface area contributed by atoms with Gasteiger partial charge >= 0.3 is 0 Å². The van der Waals surface area contributed by atoms with Crippen molar-refractivity contribution < 1.29 is 24.2 Å². The van der Waals surface area contributed by atoms with E-state index in [0.717, 1.165) is 16.9 Å². The molecule has 0 aliphatic carbocycles. The molecule has 0 saturated carbocycles. The van der Waals surface area contributed by atoms with Gasteiger partial charge in [0.1, 0.15) is 17.3 Å². The van der Waals surface area contributed by atoms with Gasteiger partial charge in [0.25, 0.3) is 11.7 Å². The molecule has 7 nitrogen and oxygen atoms in total. The number of carbonyl (C=O) groups excluding carboxylic acids is 2. The van der Waals surface area contributed by atoms with Gasteiger partial charge in [-0.15, -0.1) is 0 Å². The molecule has 0 radical (unpaired) electrons. The molecule has 1 unspecified atom stereocenters. The van der Waals surface area contributed by atoms with Crippen LogP contribution in [0.1, 0.15) is 49.4 Å². The van der Waals surface area contributed by atoms with E-state index in [2.05, 4.69) is 0 Å². The standard InChI is InChI=1S/C27H34N2O5/c1-7-34-22-13-10-19(16-21(22)17(2)3)25(30)23-24(18-8-11-20(33-6)12-9-18)29(15-14-28(4)5)27(32)26(23)31/h8-13,16-17,24,30H,7,14-15H2,1-6H3/b25-23-. The van der Waals surface area contributed by atoms with Crippen LogP contribution in [0.4, 0.5) is 0 Å². The van der Waals surface area contributed by atoms with E-state index in [1.54, 1.807) is 31.4 Å². The Morgan fingerprint density at radius 1 is 1.12 bits per heavy atom. The Kier molecular flexibility index (Phi) is 7.99. The largest absolute Gasteiger partial charge is 0.507 e. The molecule has 1 fully saturated rings. The lowest BCUT2D eigenvalue weighted by atomic mass is 9.93. The van der Waals surface area contributed by atoms with Gasteiger partial charge in [0.2, 0.25) is 0 Å². The predicted octanol–water partition coefficient (Wildman–Crippen LogP) is 4.20. The van der Waals surface area contributed by atoms with Crippen molar-refractivity contribution in [2.45, 2.75) is 32.7 Å². The highest BCUT2D eigenvalue weighted by Crippen LogP contribution is 2.40. The van der Waals surface area contributed by atoms with Crippen LogP contribution in [0.5, 0.6) is 11.5 Å². The first-order chi connectivity index (χ1) is 16.2. The molecule has 7 heteroatoms. The van der Waals surface area contributed by atoms with Crippen molar-refractivity contribution in [1.29, 1.82) is 0 Å². The van der Waals surface area contributed by atoms with Crippen molar-refractivity contribution in [3.8, 4) is 11.5 Å². The van der Waals surface area contributed by atoms with Crippen LogP contribution in [-0.4, -0.2) is 67.5 Å². The highest BCUT2D eigenvalue weighted by atomic mass is 16.5. The maximum atomic E-state index is 13.2. The summed E-state index contributed by atoms with van der Waals surface area (Å²) in [4.78, 5) is 29.7. The number of hydrogen-bond donors (Lipinski definition) is 1. The van der Waals surface area contributed by atoms with Crippen molar-refractivity contribution in [3.63, 3.8) is 0 Å². The van der Waals surface area contributed by atoms with Crippen LogP contribution in [0.25, 0.3) is 5.76 Å². The zero-order valence-corrected chi connectivity index (χ0v) is 20.8. The fraction of sp³-hybridized carbons (Fsp3) is 0.407. The molecule has 1 aliphatic heterocycles. The topological polar surface area (TPSA) is 79.3 Å². The van der Waals surface area contributed by atoms with Crippen LogP contribution >= 0.6 is 0 Å². The molecule has 1 aliphatic rings. The zero-order chi connectivity index (χ0) is 25.0. The molecule has 1 heterocycles. The first-order valence-electron chi connectivity index (χ1n) is 11.5. The van der Waals surface area contributed by atoms with Crippen LogP contribution in [0, 0.1) is 0 Å². The summed E-state index contributed by atoms with van der Waals surface area (Å²) < 4.78 is 11.0. The number of methoxy groups -OCH3 is 1. The highest BCUT2D eigenvalue weighted by molar-refractivity contribution is 6.46. The van der Waals surface area contributed by atoms with Crippen LogP contribution in [0.15, 0.2) is 48.0 Å². The number of Topliss-reactive ketones (excluding diaryl/α,β-unsaturated/α-hetero) is 1. The van der Waals surface area contributed by atoms with E-state index in [0.29, 0.717) is 31.0 Å². The van der Waals surface area contributed by atoms with Crippen molar-refractivity contribution in [2.24, 2.45) is 0 Å². The zero-order valence-electron chi connectivity index (χ0n) is 20.8. The predicted molar refractivity (Wildman–Crippen MR) is 132 cm³/mol. The minimum atomic E-state index is -0.695. The minimum Gasteiger partial charge on any atom is -0.507 e. The second kappa shape index (κ2) is 10.7. The van der Waals surface area contributed by atoms with E-state index in [-0.39, 0.29) is 17.3 Å². The Morgan fingerprint density at radius 2 is 1.79 bits per heavy atom. The van der Waals surface area contributed by atoms with Crippen molar-refractivity contribution in [1.82, 2.24) is 9.80 Å². The fourth-order valence-electron chi connectivity index (χ4n) is 4.14. The Labute approximate surface area is 201 Å². The Morgan fingerprint density at radius 3 is 2.35 bits per heavy atom. The molecule has 1 saturated heterocycles. The molecular formula is C27H34N2O5. The first kappa shape index (κ1) is 25.3. The fourth-order valence-corrected chi connectivity index (χ4v) is 4.14. The van der Waals surface area contributed by atoms with E-state index in [9.17, 15) is 14.7 Å². The van der Waals surface area contributed by atoms with Crippen molar-refractivity contribution in [2.75, 3.05) is 40.9 Å². The normalized spacial score (nSPS) is 17.6. The maximum absolute atomic E-state index is 13.2. The van der Waals surface area contributed by atoms with Gasteiger partial charge in [0.05, 0.1) is 25.3 Å². The summed E-state index contributed by atoms with van der Waals surface area (Å²) in [6.45, 7) is 7.46. The number of amides is 1. The van der Waals surface area contributed by atoms with E-state index < -0.39 is 17.7 Å². The third-order valence-corrected chi connectivity index (χ3v) is 5.96. The van der Waals surface area contributed by atoms with E-state index in [1.165, 1.54) is 4.90 Å². The summed E-state index contributed by atoms with van der Waals surface area (Å²) in [5.74, 6) is 0.0798. The average molecular weight is 467 g/mol. The van der Waals surface area contributed by atoms with Gasteiger partial charge in [0.15, 0.2) is 0 Å². The van der Waals surface area contributed by atoms with Gasteiger partial charge in [-0.2, -0.15) is 0 Å². The Bertz CT molecular complexity index is 1070. The molecule has 0 bridgehead atoms. The second-order valence-electron chi connectivity index (χ2n) is 8.91. The van der Waals surface area contributed by atoms with Crippen LogP contribution in [-0.2, 0) is 9.59 Å². The third kappa shape index (κ3) is 5.09. The molecular weight excluding hydrogens is 432 g/mol. The highest BCUT2D eigenvalue weighted by Gasteiger charge is 2.45. The number of likely N-dealkylation sites (tertiary alicyclic amines) is 1. The smallest absolute Gasteiger partial charge is 0.295 e. The Balaban J connectivity index is 2.16. The van der Waals surface area contributed by atoms with Crippen LogP contribution in [0.3, 0.4) is 0 Å². The molecule has 0 spiro atoms. The number of aliphatic hydroxyl groups is 1. The average Bonchev–Trinajstić information content (AvgIpc) is 3.07. The summed E-state index contributed by atoms with van der Waals surface area (Å²) in [7, 11) is 5.40. The molecule has 3 rings (SSSR count). The quantitative estimate of drug-likeness (QED) is 0.339. The molecule has 182 valence electrons. The third-order valence-electron chi connectivity index (χ3n) is 5.96. The molecule has 2 aromatic rings. The van der Waals surface area contributed by atoms with Gasteiger partial charge in [-0.05, 0) is 68.4 Å². The number of likely N-dealkylation sites (N-methyl/N-ethyl adjacent to an activating group) is 1. The van der Waals surface area contributed by atoms with Gasteiger partial charge in [-0.25, -0.2) is 0 Å². The molecule has 2 aromatic carbocycles. The Hall–Kier alpha value is -3.32. The van der Waals surface area contributed by atoms with Gasteiger partial charge in [0, 0.05) is 18.7 Å². The van der Waals surface area contributed by atoms with Gasteiger partial charge < -0.3 is 24.4 Å². The van der Waals surface area contributed by atoms with Crippen LogP contribution in [0.2, 0.25) is 0 Å². The SMILES string of the molecule is CCOc1ccc(/C(O)=C2/C(=O)C(=O)N(CCN(C)C)C2c2ccc(OC)cc2)cc1C(C)C. The summed E-state index contributed by atoms with van der Waals surface area (Å²) in [5.41, 5.74) is 2.23. The summed E-state index contributed by atoms with van der Waals surface area (Å²) >= 11 is 0. The number of aliphatic hydroxyl groups excluding tert-OH is 1. The first-order valence-corrected chi connectivity index (χ1v) is 11.5. The number of ether oxygens (including phenoxy) is 2. The van der Waals surface area contributed by atoms with Gasteiger partial charge in [-0.1, -0.05) is 26.0 Å². The molecule has 1 amide bonds. The summed E-state index contributed by atoms with van der Waals surface area (Å²) in [5, 5.41) is 11.4. The monoisotopic (exact) mass is 466 g/mol. The molecule has 0 aromatic heterocycles. The second-order valence-corrected chi connectivity index (χ2v) is 8.91. The number of rotatable bonds is 9. The van der Waals surface area contributed by atoms with Crippen molar-refractivity contribution >= 4 is 17.4 Å². The number of ketones is 1. The maximum Gasteiger partial charge on any atom is 0.295 e. The van der Waals surface area contributed by atoms with Crippen LogP contribution < -0.4 is 9.47 Å². The molecule has 1 N–H and O–H groups in total. The van der Waals surface area contributed by atoms with Gasteiger partial charge in [-0.3, -0.25) is 9.59 Å². The van der Waals surface area contributed by atoms with E-state index in [4.69, 9.17) is 9.47 Å². The number of hydrogen-bond acceptors (Lipinski definition) is 6. The van der Waals surface area contributed by atoms with E-state index in [1.807, 2.05) is 58.0 Å². The van der Waals surface area contributed by atoms with Crippen molar-refractivity contribution in [3.05, 3.63) is 64.7 Å². The lowest BCUT2D eigenvalue weighted by Gasteiger charge is -2.26.